The van der Waals surface area contributed by atoms with Crippen molar-refractivity contribution >= 4 is 57.5 Å². The highest BCUT2D eigenvalue weighted by molar-refractivity contribution is 7.99. The molecule has 1 amide bonds. The van der Waals surface area contributed by atoms with Crippen LogP contribution in [0, 0.1) is 0 Å². The molecule has 0 aliphatic heterocycles. The monoisotopic (exact) mass is 393 g/mol. The van der Waals surface area contributed by atoms with Crippen molar-refractivity contribution in [2.24, 2.45) is 0 Å². The molecule has 3 rings (SSSR count). The Morgan fingerprint density at radius 2 is 1.92 bits per heavy atom. The summed E-state index contributed by atoms with van der Waals surface area (Å²) in [6.07, 6.45) is 0. The first-order valence-electron chi connectivity index (χ1n) is 7.37. The van der Waals surface area contributed by atoms with Crippen molar-refractivity contribution in [3.05, 3.63) is 74.6 Å². The molecule has 1 N–H and O–H groups in total. The lowest BCUT2D eigenvalue weighted by atomic mass is 10.2. The van der Waals surface area contributed by atoms with Gasteiger partial charge in [0.15, 0.2) is 0 Å². The number of amides is 1. The third-order valence-corrected chi connectivity index (χ3v) is 4.98. The van der Waals surface area contributed by atoms with Crippen LogP contribution >= 0.6 is 35.0 Å². The fourth-order valence-corrected chi connectivity index (χ4v) is 3.62. The minimum absolute atomic E-state index is 0.119. The van der Waals surface area contributed by atoms with E-state index in [0.717, 1.165) is 10.9 Å². The standard InChI is InChI=1S/C18H13Cl2NO3S/c19-13-3-1-12(15(20)8-13)9-25-10-17(22)21-14-4-5-16-11(7-14)2-6-18(23)24-16/h1-8H,9-10H2,(H,21,22). The number of hydrogen-bond donors (Lipinski definition) is 1. The van der Waals surface area contributed by atoms with Gasteiger partial charge in [0, 0.05) is 32.9 Å². The van der Waals surface area contributed by atoms with Gasteiger partial charge in [-0.05, 0) is 42.0 Å². The van der Waals surface area contributed by atoms with Crippen LogP contribution in [0.4, 0.5) is 5.69 Å². The van der Waals surface area contributed by atoms with E-state index in [1.165, 1.54) is 17.8 Å². The Hall–Kier alpha value is -1.95. The fraction of sp³-hybridized carbons (Fsp3) is 0.111. The number of carbonyl (C=O) groups excluding carboxylic acids is 1. The largest absolute Gasteiger partial charge is 0.423 e. The Bertz CT molecular complexity index is 987. The highest BCUT2D eigenvalue weighted by atomic mass is 35.5. The van der Waals surface area contributed by atoms with Crippen molar-refractivity contribution < 1.29 is 9.21 Å². The summed E-state index contributed by atoms with van der Waals surface area (Å²) in [6.45, 7) is 0. The van der Waals surface area contributed by atoms with Gasteiger partial charge in [-0.3, -0.25) is 4.79 Å². The minimum Gasteiger partial charge on any atom is -0.423 e. The summed E-state index contributed by atoms with van der Waals surface area (Å²) in [7, 11) is 0. The summed E-state index contributed by atoms with van der Waals surface area (Å²) in [5.74, 6) is 0.791. The number of thioether (sulfide) groups is 1. The molecular weight excluding hydrogens is 381 g/mol. The minimum atomic E-state index is -0.401. The average molecular weight is 394 g/mol. The van der Waals surface area contributed by atoms with Gasteiger partial charge in [0.1, 0.15) is 5.58 Å². The summed E-state index contributed by atoms with van der Waals surface area (Å²) in [5, 5.41) is 4.75. The van der Waals surface area contributed by atoms with E-state index in [9.17, 15) is 9.59 Å². The second-order valence-electron chi connectivity index (χ2n) is 5.28. The summed E-state index contributed by atoms with van der Waals surface area (Å²) >= 11 is 13.4. The van der Waals surface area contributed by atoms with Gasteiger partial charge >= 0.3 is 5.63 Å². The molecule has 1 aromatic heterocycles. The molecule has 0 fully saturated rings. The van der Waals surface area contributed by atoms with Gasteiger partial charge in [-0.2, -0.15) is 0 Å². The van der Waals surface area contributed by atoms with E-state index in [4.69, 9.17) is 27.6 Å². The van der Waals surface area contributed by atoms with Gasteiger partial charge in [0.2, 0.25) is 5.91 Å². The van der Waals surface area contributed by atoms with E-state index in [1.54, 1.807) is 36.4 Å². The average Bonchev–Trinajstić information content (AvgIpc) is 2.57. The van der Waals surface area contributed by atoms with Crippen LogP contribution in [-0.2, 0) is 10.5 Å². The molecule has 128 valence electrons. The predicted molar refractivity (Wildman–Crippen MR) is 104 cm³/mol. The third kappa shape index (κ3) is 4.78. The van der Waals surface area contributed by atoms with Crippen LogP contribution in [0.1, 0.15) is 5.56 Å². The molecule has 0 atom stereocenters. The molecule has 3 aromatic rings. The molecule has 1 heterocycles. The zero-order valence-electron chi connectivity index (χ0n) is 12.9. The number of nitrogens with one attached hydrogen (secondary N) is 1. The number of anilines is 1. The summed E-state index contributed by atoms with van der Waals surface area (Å²) in [5.41, 5.74) is 1.67. The Labute approximate surface area is 158 Å². The summed E-state index contributed by atoms with van der Waals surface area (Å²) in [4.78, 5) is 23.2. The summed E-state index contributed by atoms with van der Waals surface area (Å²) in [6, 6.07) is 13.4. The van der Waals surface area contributed by atoms with Crippen molar-refractivity contribution in [2.45, 2.75) is 5.75 Å². The zero-order chi connectivity index (χ0) is 17.8. The number of benzene rings is 2. The number of rotatable bonds is 5. The van der Waals surface area contributed by atoms with Gasteiger partial charge < -0.3 is 9.73 Å². The van der Waals surface area contributed by atoms with Crippen LogP contribution < -0.4 is 10.9 Å². The quantitative estimate of drug-likeness (QED) is 0.621. The first-order valence-corrected chi connectivity index (χ1v) is 9.28. The number of carbonyl (C=O) groups is 1. The van der Waals surface area contributed by atoms with Crippen LogP contribution in [0.3, 0.4) is 0 Å². The van der Waals surface area contributed by atoms with Crippen LogP contribution in [0.2, 0.25) is 10.0 Å². The van der Waals surface area contributed by atoms with Gasteiger partial charge in [0.05, 0.1) is 5.75 Å². The van der Waals surface area contributed by atoms with Crippen LogP contribution in [-0.4, -0.2) is 11.7 Å². The van der Waals surface area contributed by atoms with Crippen molar-refractivity contribution in [1.82, 2.24) is 0 Å². The SMILES string of the molecule is O=C(CSCc1ccc(Cl)cc1Cl)Nc1ccc2oc(=O)ccc2c1. The van der Waals surface area contributed by atoms with Crippen molar-refractivity contribution in [3.8, 4) is 0 Å². The van der Waals surface area contributed by atoms with Gasteiger partial charge in [-0.1, -0.05) is 29.3 Å². The van der Waals surface area contributed by atoms with Gasteiger partial charge in [-0.15, -0.1) is 11.8 Å². The molecule has 0 spiro atoms. The molecule has 0 saturated carbocycles. The molecule has 2 aromatic carbocycles. The van der Waals surface area contributed by atoms with E-state index < -0.39 is 5.63 Å². The Balaban J connectivity index is 1.57. The molecule has 0 aliphatic rings. The van der Waals surface area contributed by atoms with Crippen LogP contribution in [0.15, 0.2) is 57.7 Å². The number of hydrogen-bond acceptors (Lipinski definition) is 4. The Kier molecular flexibility index (Phi) is 5.68. The lowest BCUT2D eigenvalue weighted by Gasteiger charge is -2.07. The molecule has 0 aliphatic carbocycles. The fourth-order valence-electron chi connectivity index (χ4n) is 2.24. The van der Waals surface area contributed by atoms with Gasteiger partial charge in [-0.25, -0.2) is 4.79 Å². The Morgan fingerprint density at radius 1 is 1.08 bits per heavy atom. The molecule has 7 heteroatoms. The molecular formula is C18H13Cl2NO3S. The third-order valence-electron chi connectivity index (χ3n) is 3.41. The molecule has 4 nitrogen and oxygen atoms in total. The summed E-state index contributed by atoms with van der Waals surface area (Å²) < 4.78 is 5.06. The lowest BCUT2D eigenvalue weighted by molar-refractivity contribution is -0.113. The van der Waals surface area contributed by atoms with Crippen molar-refractivity contribution in [1.29, 1.82) is 0 Å². The normalized spacial score (nSPS) is 10.8. The highest BCUT2D eigenvalue weighted by Crippen LogP contribution is 2.25. The van der Waals surface area contributed by atoms with Crippen molar-refractivity contribution in [3.63, 3.8) is 0 Å². The van der Waals surface area contributed by atoms with E-state index >= 15 is 0 Å². The first-order chi connectivity index (χ1) is 12.0. The molecule has 0 bridgehead atoms. The van der Waals surface area contributed by atoms with E-state index in [-0.39, 0.29) is 5.91 Å². The zero-order valence-corrected chi connectivity index (χ0v) is 15.3. The second kappa shape index (κ2) is 7.95. The number of fused-ring (bicyclic) bond motifs is 1. The van der Waals surface area contributed by atoms with Crippen LogP contribution in [0.25, 0.3) is 11.0 Å². The molecule has 0 saturated heterocycles. The lowest BCUT2D eigenvalue weighted by Crippen LogP contribution is -2.14. The van der Waals surface area contributed by atoms with E-state index in [1.807, 2.05) is 6.07 Å². The van der Waals surface area contributed by atoms with E-state index in [2.05, 4.69) is 5.32 Å². The topological polar surface area (TPSA) is 59.3 Å². The smallest absolute Gasteiger partial charge is 0.336 e. The maximum Gasteiger partial charge on any atom is 0.336 e. The van der Waals surface area contributed by atoms with Crippen molar-refractivity contribution in [2.75, 3.05) is 11.1 Å². The van der Waals surface area contributed by atoms with Crippen LogP contribution in [0.5, 0.6) is 0 Å². The maximum absolute atomic E-state index is 12.1. The molecule has 0 radical (unpaired) electrons. The highest BCUT2D eigenvalue weighted by Gasteiger charge is 2.07. The second-order valence-corrected chi connectivity index (χ2v) is 7.11. The number of halogens is 2. The molecule has 25 heavy (non-hydrogen) atoms. The van der Waals surface area contributed by atoms with E-state index in [0.29, 0.717) is 32.8 Å². The Morgan fingerprint density at radius 3 is 2.72 bits per heavy atom. The van der Waals surface area contributed by atoms with Gasteiger partial charge in [0.25, 0.3) is 0 Å². The predicted octanol–water partition coefficient (Wildman–Crippen LogP) is 4.97. The first kappa shape index (κ1) is 17.9. The molecule has 0 unspecified atom stereocenters. The maximum atomic E-state index is 12.1.